The molecular formula is C7H4BrIN2. The van der Waals surface area contributed by atoms with Gasteiger partial charge in [-0.1, -0.05) is 0 Å². The Kier molecular flexibility index (Phi) is 1.88. The average molecular weight is 323 g/mol. The summed E-state index contributed by atoms with van der Waals surface area (Å²) in [5.74, 6) is 0. The van der Waals surface area contributed by atoms with Gasteiger partial charge in [-0.3, -0.25) is 0 Å². The summed E-state index contributed by atoms with van der Waals surface area (Å²) < 4.78 is 2.00. The fourth-order valence-corrected chi connectivity index (χ4v) is 1.85. The number of hydrogen-bond acceptors (Lipinski definition) is 1. The van der Waals surface area contributed by atoms with Crippen LogP contribution in [0.1, 0.15) is 0 Å². The molecular weight excluding hydrogens is 319 g/mol. The summed E-state index contributed by atoms with van der Waals surface area (Å²) >= 11 is 5.55. The third-order valence-electron chi connectivity index (χ3n) is 1.42. The third-order valence-corrected chi connectivity index (χ3v) is 2.46. The Morgan fingerprint density at radius 3 is 3.09 bits per heavy atom. The second kappa shape index (κ2) is 2.75. The van der Waals surface area contributed by atoms with E-state index in [1.54, 1.807) is 0 Å². The second-order valence-electron chi connectivity index (χ2n) is 2.19. The van der Waals surface area contributed by atoms with E-state index in [1.165, 1.54) is 3.57 Å². The van der Waals surface area contributed by atoms with Gasteiger partial charge in [-0.2, -0.15) is 0 Å². The molecule has 0 amide bonds. The quantitative estimate of drug-likeness (QED) is 0.742. The first-order chi connectivity index (χ1) is 5.25. The van der Waals surface area contributed by atoms with Crippen LogP contribution in [0.3, 0.4) is 0 Å². The molecule has 4 heteroatoms. The van der Waals surface area contributed by atoms with Crippen molar-refractivity contribution in [1.82, 2.24) is 9.97 Å². The van der Waals surface area contributed by atoms with E-state index < -0.39 is 0 Å². The minimum absolute atomic E-state index is 0.787. The van der Waals surface area contributed by atoms with Crippen LogP contribution in [-0.2, 0) is 0 Å². The number of halogens is 2. The molecule has 0 aliphatic rings. The van der Waals surface area contributed by atoms with Crippen LogP contribution < -0.4 is 0 Å². The zero-order chi connectivity index (χ0) is 7.84. The van der Waals surface area contributed by atoms with Gasteiger partial charge >= 0.3 is 0 Å². The van der Waals surface area contributed by atoms with Crippen LogP contribution in [0.5, 0.6) is 0 Å². The first kappa shape index (κ1) is 7.54. The number of fused-ring (bicyclic) bond motifs is 1. The molecule has 56 valence electrons. The van der Waals surface area contributed by atoms with Crippen molar-refractivity contribution in [1.29, 1.82) is 0 Å². The topological polar surface area (TPSA) is 28.7 Å². The summed E-state index contributed by atoms with van der Waals surface area (Å²) in [6.07, 6.45) is 0. The van der Waals surface area contributed by atoms with Crippen molar-refractivity contribution < 1.29 is 0 Å². The number of nitrogens with zero attached hydrogens (tertiary/aromatic N) is 1. The molecule has 0 fully saturated rings. The van der Waals surface area contributed by atoms with Crippen LogP contribution in [0, 0.1) is 3.57 Å². The van der Waals surface area contributed by atoms with Crippen molar-refractivity contribution in [3.63, 3.8) is 0 Å². The van der Waals surface area contributed by atoms with Gasteiger partial charge in [0.15, 0.2) is 4.73 Å². The first-order valence-electron chi connectivity index (χ1n) is 3.06. The molecule has 0 atom stereocenters. The van der Waals surface area contributed by atoms with Crippen LogP contribution in [0.4, 0.5) is 0 Å². The predicted octanol–water partition coefficient (Wildman–Crippen LogP) is 2.93. The Labute approximate surface area is 85.7 Å². The fourth-order valence-electron chi connectivity index (χ4n) is 0.951. The van der Waals surface area contributed by atoms with Crippen LogP contribution in [0.2, 0.25) is 0 Å². The van der Waals surface area contributed by atoms with Gasteiger partial charge < -0.3 is 4.98 Å². The van der Waals surface area contributed by atoms with Crippen LogP contribution in [0.15, 0.2) is 22.9 Å². The number of aromatic nitrogens is 2. The van der Waals surface area contributed by atoms with E-state index in [-0.39, 0.29) is 0 Å². The summed E-state index contributed by atoms with van der Waals surface area (Å²) in [6.45, 7) is 0. The van der Waals surface area contributed by atoms with Gasteiger partial charge in [0, 0.05) is 3.57 Å². The van der Waals surface area contributed by atoms with Gasteiger partial charge in [-0.05, 0) is 56.7 Å². The molecule has 0 bridgehead atoms. The predicted molar refractivity (Wildman–Crippen MR) is 56.5 cm³/mol. The number of hydrogen-bond donors (Lipinski definition) is 1. The van der Waals surface area contributed by atoms with Crippen molar-refractivity contribution in [2.75, 3.05) is 0 Å². The first-order valence-corrected chi connectivity index (χ1v) is 4.93. The lowest BCUT2D eigenvalue weighted by atomic mass is 10.3. The number of H-pyrrole nitrogens is 1. The van der Waals surface area contributed by atoms with Gasteiger partial charge in [0.2, 0.25) is 0 Å². The highest BCUT2D eigenvalue weighted by Crippen LogP contribution is 2.17. The maximum atomic E-state index is 4.21. The highest BCUT2D eigenvalue weighted by Gasteiger charge is 1.98. The van der Waals surface area contributed by atoms with Gasteiger partial charge in [0.25, 0.3) is 0 Å². The van der Waals surface area contributed by atoms with Crippen molar-refractivity contribution in [3.05, 3.63) is 26.5 Å². The number of nitrogens with one attached hydrogen (secondary N) is 1. The maximum absolute atomic E-state index is 4.21. The SMILES string of the molecule is Brc1nc2ccc(I)cc2[nH]1. The minimum atomic E-state index is 0.787. The van der Waals surface area contributed by atoms with E-state index in [9.17, 15) is 0 Å². The zero-order valence-electron chi connectivity index (χ0n) is 5.44. The fraction of sp³-hybridized carbons (Fsp3) is 0. The largest absolute Gasteiger partial charge is 0.332 e. The molecule has 2 aromatic rings. The molecule has 0 saturated carbocycles. The normalized spacial score (nSPS) is 10.7. The third kappa shape index (κ3) is 1.41. The molecule has 0 unspecified atom stereocenters. The van der Waals surface area contributed by atoms with Gasteiger partial charge in [-0.15, -0.1) is 0 Å². The zero-order valence-corrected chi connectivity index (χ0v) is 9.18. The summed E-state index contributed by atoms with van der Waals surface area (Å²) in [7, 11) is 0. The number of benzene rings is 1. The molecule has 11 heavy (non-hydrogen) atoms. The Hall–Kier alpha value is -0.100. The molecule has 0 spiro atoms. The molecule has 1 heterocycles. The van der Waals surface area contributed by atoms with E-state index in [1.807, 2.05) is 12.1 Å². The summed E-state index contributed by atoms with van der Waals surface area (Å²) in [5.41, 5.74) is 2.07. The Balaban J connectivity index is 2.82. The van der Waals surface area contributed by atoms with Crippen molar-refractivity contribution in [2.45, 2.75) is 0 Å². The number of aromatic amines is 1. The number of rotatable bonds is 0. The Bertz CT molecular complexity index is 396. The van der Waals surface area contributed by atoms with Crippen molar-refractivity contribution in [2.24, 2.45) is 0 Å². The lowest BCUT2D eigenvalue weighted by molar-refractivity contribution is 1.27. The standard InChI is InChI=1S/C7H4BrIN2/c8-7-10-5-2-1-4(9)3-6(5)11-7/h1-3H,(H,10,11). The molecule has 0 radical (unpaired) electrons. The smallest absolute Gasteiger partial charge is 0.175 e. The molecule has 2 rings (SSSR count). The monoisotopic (exact) mass is 322 g/mol. The van der Waals surface area contributed by atoms with E-state index >= 15 is 0 Å². The lowest BCUT2D eigenvalue weighted by Gasteiger charge is -1.87. The van der Waals surface area contributed by atoms with Crippen LogP contribution in [0.25, 0.3) is 11.0 Å². The van der Waals surface area contributed by atoms with Gasteiger partial charge in [0.05, 0.1) is 11.0 Å². The second-order valence-corrected chi connectivity index (χ2v) is 4.19. The highest BCUT2D eigenvalue weighted by molar-refractivity contribution is 14.1. The summed E-state index contributed by atoms with van der Waals surface area (Å²) in [6, 6.07) is 6.10. The molecule has 1 aromatic carbocycles. The lowest BCUT2D eigenvalue weighted by Crippen LogP contribution is -1.70. The molecule has 0 aliphatic heterocycles. The highest BCUT2D eigenvalue weighted by atomic mass is 127. The molecule has 0 saturated heterocycles. The van der Waals surface area contributed by atoms with Crippen LogP contribution >= 0.6 is 38.5 Å². The average Bonchev–Trinajstić information content (AvgIpc) is 2.27. The summed E-state index contributed by atoms with van der Waals surface area (Å²) in [5, 5.41) is 0. The summed E-state index contributed by atoms with van der Waals surface area (Å²) in [4.78, 5) is 7.31. The van der Waals surface area contributed by atoms with E-state index in [4.69, 9.17) is 0 Å². The molecule has 1 aromatic heterocycles. The maximum Gasteiger partial charge on any atom is 0.175 e. The van der Waals surface area contributed by atoms with Crippen molar-refractivity contribution >= 4 is 49.6 Å². The Morgan fingerprint density at radius 2 is 2.27 bits per heavy atom. The molecule has 0 aliphatic carbocycles. The Morgan fingerprint density at radius 1 is 1.45 bits per heavy atom. The van der Waals surface area contributed by atoms with Gasteiger partial charge in [-0.25, -0.2) is 4.98 Å². The van der Waals surface area contributed by atoms with E-state index in [0.717, 1.165) is 15.8 Å². The number of imidazole rings is 1. The van der Waals surface area contributed by atoms with E-state index in [2.05, 4.69) is 54.6 Å². The van der Waals surface area contributed by atoms with E-state index in [0.29, 0.717) is 0 Å². The van der Waals surface area contributed by atoms with Gasteiger partial charge in [0.1, 0.15) is 0 Å². The minimum Gasteiger partial charge on any atom is -0.332 e. The van der Waals surface area contributed by atoms with Crippen LogP contribution in [-0.4, -0.2) is 9.97 Å². The van der Waals surface area contributed by atoms with Crippen molar-refractivity contribution in [3.8, 4) is 0 Å². The molecule has 2 nitrogen and oxygen atoms in total. The molecule has 1 N–H and O–H groups in total.